The second kappa shape index (κ2) is 8.23. The van der Waals surface area contributed by atoms with Gasteiger partial charge in [0, 0.05) is 29.1 Å². The van der Waals surface area contributed by atoms with Crippen LogP contribution >= 0.6 is 0 Å². The van der Waals surface area contributed by atoms with Crippen molar-refractivity contribution in [1.82, 2.24) is 20.2 Å². The number of carbonyl (C=O) groups is 1. The second-order valence-corrected chi connectivity index (χ2v) is 7.25. The number of methoxy groups -OCH3 is 1. The van der Waals surface area contributed by atoms with Crippen LogP contribution < -0.4 is 0 Å². The Hall–Kier alpha value is -4.46. The van der Waals surface area contributed by atoms with E-state index in [2.05, 4.69) is 15.2 Å². The highest BCUT2D eigenvalue weighted by Gasteiger charge is 2.25. The monoisotopic (exact) mass is 442 g/mol. The van der Waals surface area contributed by atoms with Gasteiger partial charge in [-0.2, -0.15) is 5.10 Å². The van der Waals surface area contributed by atoms with Gasteiger partial charge in [-0.3, -0.25) is 10.1 Å². The van der Waals surface area contributed by atoms with Crippen LogP contribution in [0.3, 0.4) is 0 Å². The Labute approximate surface area is 186 Å². The normalized spacial score (nSPS) is 11.0. The van der Waals surface area contributed by atoms with E-state index in [1.165, 1.54) is 31.4 Å². The highest BCUT2D eigenvalue weighted by atomic mass is 19.1. The molecule has 3 aromatic heterocycles. The summed E-state index contributed by atoms with van der Waals surface area (Å²) in [6.07, 6.45) is 3.29. The van der Waals surface area contributed by atoms with E-state index in [-0.39, 0.29) is 17.3 Å². The molecular weight excluding hydrogens is 426 g/mol. The molecule has 0 spiro atoms. The van der Waals surface area contributed by atoms with Gasteiger partial charge in [-0.1, -0.05) is 12.1 Å². The van der Waals surface area contributed by atoms with E-state index < -0.39 is 5.97 Å². The maximum Gasteiger partial charge on any atom is 0.358 e. The number of hydrogen-bond donors (Lipinski definition) is 1. The van der Waals surface area contributed by atoms with Gasteiger partial charge in [0.25, 0.3) is 0 Å². The number of pyridine rings is 2. The zero-order valence-corrected chi connectivity index (χ0v) is 17.3. The number of aromatic amines is 1. The van der Waals surface area contributed by atoms with Crippen molar-refractivity contribution in [2.45, 2.75) is 0 Å². The van der Waals surface area contributed by atoms with E-state index in [0.717, 1.165) is 5.56 Å². The number of hydrogen-bond acceptors (Lipinski definition) is 5. The standard InChI is InChI=1S/C25H16F2N4O2/c1-33-25(32)24-23-22(30-31-24)20(14-2-6-17(26)7-3-14)19(15-10-12-28-13-11-15)21(29-23)16-4-8-18(27)9-5-16/h2-13H,1H3,(H,30,31). The Bertz CT molecular complexity index is 1470. The quantitative estimate of drug-likeness (QED) is 0.376. The summed E-state index contributed by atoms with van der Waals surface area (Å²) in [4.78, 5) is 21.3. The van der Waals surface area contributed by atoms with Crippen LogP contribution in [0, 0.1) is 11.6 Å². The first-order valence-corrected chi connectivity index (χ1v) is 9.99. The highest BCUT2D eigenvalue weighted by molar-refractivity contribution is 6.10. The number of aromatic nitrogens is 4. The van der Waals surface area contributed by atoms with Crippen molar-refractivity contribution in [1.29, 1.82) is 0 Å². The predicted molar refractivity (Wildman–Crippen MR) is 119 cm³/mol. The van der Waals surface area contributed by atoms with Gasteiger partial charge in [-0.25, -0.2) is 18.6 Å². The lowest BCUT2D eigenvalue weighted by Gasteiger charge is -2.16. The minimum atomic E-state index is -0.628. The maximum atomic E-state index is 13.7. The van der Waals surface area contributed by atoms with Crippen LogP contribution in [0.2, 0.25) is 0 Å². The van der Waals surface area contributed by atoms with Crippen LogP contribution in [-0.2, 0) is 4.74 Å². The molecule has 0 saturated heterocycles. The van der Waals surface area contributed by atoms with Crippen LogP contribution in [-0.4, -0.2) is 33.2 Å². The molecule has 0 atom stereocenters. The highest BCUT2D eigenvalue weighted by Crippen LogP contribution is 2.43. The van der Waals surface area contributed by atoms with Crippen LogP contribution in [0.25, 0.3) is 44.5 Å². The topological polar surface area (TPSA) is 80.8 Å². The summed E-state index contributed by atoms with van der Waals surface area (Å²) in [5.41, 5.74) is 4.69. The number of nitrogens with zero attached hydrogens (tertiary/aromatic N) is 3. The molecular formula is C25H16F2N4O2. The minimum absolute atomic E-state index is 0.0838. The number of esters is 1. The molecule has 0 aliphatic rings. The average Bonchev–Trinajstić information content (AvgIpc) is 3.28. The van der Waals surface area contributed by atoms with Crippen molar-refractivity contribution in [3.05, 3.63) is 90.4 Å². The number of halogens is 2. The van der Waals surface area contributed by atoms with Gasteiger partial charge < -0.3 is 4.74 Å². The fourth-order valence-corrected chi connectivity index (χ4v) is 3.78. The molecule has 0 aliphatic heterocycles. The summed E-state index contributed by atoms with van der Waals surface area (Å²) in [5.74, 6) is -1.40. The summed E-state index contributed by atoms with van der Waals surface area (Å²) < 4.78 is 32.3. The predicted octanol–water partition coefficient (Wildman–Crippen LogP) is 5.42. The Balaban J connectivity index is 1.95. The third kappa shape index (κ3) is 3.61. The molecule has 8 heteroatoms. The molecule has 0 unspecified atom stereocenters. The van der Waals surface area contributed by atoms with Crippen LogP contribution in [0.15, 0.2) is 73.1 Å². The summed E-state index contributed by atoms with van der Waals surface area (Å²) in [6, 6.07) is 15.5. The minimum Gasteiger partial charge on any atom is -0.464 e. The van der Waals surface area contributed by atoms with E-state index in [9.17, 15) is 13.6 Å². The van der Waals surface area contributed by atoms with Gasteiger partial charge in [0.05, 0.1) is 12.8 Å². The van der Waals surface area contributed by atoms with Gasteiger partial charge >= 0.3 is 5.97 Å². The first-order chi connectivity index (χ1) is 16.1. The third-order valence-corrected chi connectivity index (χ3v) is 5.30. The zero-order chi connectivity index (χ0) is 22.9. The summed E-state index contributed by atoms with van der Waals surface area (Å²) >= 11 is 0. The van der Waals surface area contributed by atoms with Crippen LogP contribution in [0.5, 0.6) is 0 Å². The molecule has 0 bridgehead atoms. The lowest BCUT2D eigenvalue weighted by Crippen LogP contribution is -2.03. The first kappa shape index (κ1) is 20.4. The molecule has 2 aromatic carbocycles. The Morgan fingerprint density at radius 1 is 0.788 bits per heavy atom. The number of ether oxygens (including phenoxy) is 1. The Kier molecular flexibility index (Phi) is 5.10. The van der Waals surface area contributed by atoms with Crippen LogP contribution in [0.1, 0.15) is 10.5 Å². The SMILES string of the molecule is COC(=O)c1[nH]nc2c(-c3ccc(F)cc3)c(-c3ccncc3)c(-c3ccc(F)cc3)nc12. The number of benzene rings is 2. The van der Waals surface area contributed by atoms with Gasteiger partial charge in [-0.05, 0) is 59.7 Å². The van der Waals surface area contributed by atoms with E-state index >= 15 is 0 Å². The van der Waals surface area contributed by atoms with Crippen LogP contribution in [0.4, 0.5) is 8.78 Å². The third-order valence-electron chi connectivity index (χ3n) is 5.30. The molecule has 0 saturated carbocycles. The van der Waals surface area contributed by atoms with Crippen molar-refractivity contribution in [2.75, 3.05) is 7.11 Å². The largest absolute Gasteiger partial charge is 0.464 e. The molecule has 162 valence electrons. The van der Waals surface area contributed by atoms with Gasteiger partial charge in [0.2, 0.25) is 0 Å². The molecule has 5 rings (SSSR count). The summed E-state index contributed by atoms with van der Waals surface area (Å²) in [6.45, 7) is 0. The lowest BCUT2D eigenvalue weighted by molar-refractivity contribution is 0.0596. The number of rotatable bonds is 4. The number of H-pyrrole nitrogens is 1. The van der Waals surface area contributed by atoms with Gasteiger partial charge in [0.15, 0.2) is 5.69 Å². The number of fused-ring (bicyclic) bond motifs is 1. The van der Waals surface area contributed by atoms with E-state index in [0.29, 0.717) is 39.0 Å². The van der Waals surface area contributed by atoms with Crippen molar-refractivity contribution < 1.29 is 18.3 Å². The molecule has 0 radical (unpaired) electrons. The molecule has 33 heavy (non-hydrogen) atoms. The van der Waals surface area contributed by atoms with E-state index in [1.54, 1.807) is 36.7 Å². The van der Waals surface area contributed by atoms with E-state index in [1.807, 2.05) is 12.1 Å². The second-order valence-electron chi connectivity index (χ2n) is 7.25. The summed E-state index contributed by atoms with van der Waals surface area (Å²) in [5, 5.41) is 7.08. The zero-order valence-electron chi connectivity index (χ0n) is 17.3. The van der Waals surface area contributed by atoms with Crippen molar-refractivity contribution in [2.24, 2.45) is 0 Å². The molecule has 6 nitrogen and oxygen atoms in total. The molecule has 5 aromatic rings. The number of nitrogens with one attached hydrogen (secondary N) is 1. The fraction of sp³-hybridized carbons (Fsp3) is 0.0400. The molecule has 3 heterocycles. The molecule has 0 aliphatic carbocycles. The maximum absolute atomic E-state index is 13.7. The van der Waals surface area contributed by atoms with Crippen molar-refractivity contribution in [3.63, 3.8) is 0 Å². The fourth-order valence-electron chi connectivity index (χ4n) is 3.78. The van der Waals surface area contributed by atoms with Gasteiger partial charge in [-0.15, -0.1) is 0 Å². The molecule has 1 N–H and O–H groups in total. The molecule has 0 fully saturated rings. The molecule has 0 amide bonds. The Morgan fingerprint density at radius 3 is 1.97 bits per heavy atom. The Morgan fingerprint density at radius 2 is 1.36 bits per heavy atom. The smallest absolute Gasteiger partial charge is 0.358 e. The summed E-state index contributed by atoms with van der Waals surface area (Å²) in [7, 11) is 1.27. The van der Waals surface area contributed by atoms with E-state index in [4.69, 9.17) is 9.72 Å². The lowest BCUT2D eigenvalue weighted by atomic mass is 9.90. The van der Waals surface area contributed by atoms with Gasteiger partial charge in [0.1, 0.15) is 22.7 Å². The number of carbonyl (C=O) groups excluding carboxylic acids is 1. The average molecular weight is 442 g/mol. The van der Waals surface area contributed by atoms with Crippen molar-refractivity contribution >= 4 is 17.0 Å². The first-order valence-electron chi connectivity index (χ1n) is 9.99. The van der Waals surface area contributed by atoms with Crippen molar-refractivity contribution in [3.8, 4) is 33.5 Å².